The number of likely N-dealkylation sites (tertiary alicyclic amines) is 1. The molecule has 1 saturated heterocycles. The van der Waals surface area contributed by atoms with Crippen molar-refractivity contribution in [1.29, 1.82) is 0 Å². The molecule has 0 saturated carbocycles. The van der Waals surface area contributed by atoms with E-state index >= 15 is 0 Å². The molecule has 1 aliphatic rings. The Balaban J connectivity index is 2.11. The highest BCUT2D eigenvalue weighted by Gasteiger charge is 2.28. The summed E-state index contributed by atoms with van der Waals surface area (Å²) in [6.07, 6.45) is 0. The Bertz CT molecular complexity index is 321. The maximum Gasteiger partial charge on any atom is 0.127 e. The summed E-state index contributed by atoms with van der Waals surface area (Å²) in [7, 11) is 0. The number of nitrogens with two attached hydrogens (primary N) is 1. The summed E-state index contributed by atoms with van der Waals surface area (Å²) in [6, 6.07) is 7.33. The third-order valence-electron chi connectivity index (χ3n) is 2.84. The van der Waals surface area contributed by atoms with Crippen LogP contribution in [0.3, 0.4) is 0 Å². The molecule has 14 heavy (non-hydrogen) atoms. The van der Waals surface area contributed by atoms with Gasteiger partial charge in [0, 0.05) is 30.7 Å². The van der Waals surface area contributed by atoms with E-state index in [2.05, 4.69) is 4.90 Å². The zero-order valence-electron chi connectivity index (χ0n) is 8.28. The van der Waals surface area contributed by atoms with Gasteiger partial charge in [0.1, 0.15) is 5.82 Å². The van der Waals surface area contributed by atoms with Crippen molar-refractivity contribution in [1.82, 2.24) is 4.90 Å². The van der Waals surface area contributed by atoms with Crippen molar-refractivity contribution in [2.75, 3.05) is 13.1 Å². The van der Waals surface area contributed by atoms with Gasteiger partial charge in [-0.3, -0.25) is 4.90 Å². The standard InChI is InChI=1S/C11H15FN2/c1-8(14-6-9(13)7-14)10-4-2-3-5-11(10)12/h2-5,8-9H,6-7,13H2,1H3. The van der Waals surface area contributed by atoms with E-state index in [1.165, 1.54) is 6.07 Å². The number of hydrogen-bond donors (Lipinski definition) is 1. The largest absolute Gasteiger partial charge is 0.325 e. The third kappa shape index (κ3) is 1.65. The van der Waals surface area contributed by atoms with Crippen molar-refractivity contribution < 1.29 is 4.39 Å². The van der Waals surface area contributed by atoms with Gasteiger partial charge in [-0.15, -0.1) is 0 Å². The molecule has 1 aliphatic heterocycles. The third-order valence-corrected chi connectivity index (χ3v) is 2.84. The second-order valence-corrected chi connectivity index (χ2v) is 3.91. The average molecular weight is 194 g/mol. The predicted molar refractivity (Wildman–Crippen MR) is 54.4 cm³/mol. The van der Waals surface area contributed by atoms with Crippen molar-refractivity contribution in [3.05, 3.63) is 35.6 Å². The van der Waals surface area contributed by atoms with Gasteiger partial charge in [0.2, 0.25) is 0 Å². The number of hydrogen-bond acceptors (Lipinski definition) is 2. The topological polar surface area (TPSA) is 29.3 Å². The molecule has 1 heterocycles. The zero-order valence-corrected chi connectivity index (χ0v) is 8.28. The Morgan fingerprint density at radius 2 is 2.07 bits per heavy atom. The lowest BCUT2D eigenvalue weighted by molar-refractivity contribution is 0.101. The summed E-state index contributed by atoms with van der Waals surface area (Å²) >= 11 is 0. The molecule has 3 heteroatoms. The van der Waals surface area contributed by atoms with Gasteiger partial charge in [0.05, 0.1) is 0 Å². The van der Waals surface area contributed by atoms with Crippen LogP contribution in [-0.2, 0) is 0 Å². The highest BCUT2D eigenvalue weighted by atomic mass is 19.1. The van der Waals surface area contributed by atoms with E-state index in [0.717, 1.165) is 18.7 Å². The second-order valence-electron chi connectivity index (χ2n) is 3.91. The molecule has 0 aliphatic carbocycles. The van der Waals surface area contributed by atoms with Crippen LogP contribution in [0.2, 0.25) is 0 Å². The van der Waals surface area contributed by atoms with Crippen molar-refractivity contribution >= 4 is 0 Å². The molecule has 1 aromatic rings. The monoisotopic (exact) mass is 194 g/mol. The molecule has 1 aromatic carbocycles. The van der Waals surface area contributed by atoms with E-state index in [0.29, 0.717) is 0 Å². The lowest BCUT2D eigenvalue weighted by Crippen LogP contribution is -2.56. The molecule has 0 aromatic heterocycles. The van der Waals surface area contributed by atoms with Crippen molar-refractivity contribution in [3.8, 4) is 0 Å². The summed E-state index contributed by atoms with van der Waals surface area (Å²) in [4.78, 5) is 2.18. The van der Waals surface area contributed by atoms with Gasteiger partial charge < -0.3 is 5.73 Å². The van der Waals surface area contributed by atoms with E-state index in [1.54, 1.807) is 6.07 Å². The fourth-order valence-corrected chi connectivity index (χ4v) is 1.88. The smallest absolute Gasteiger partial charge is 0.127 e. The van der Waals surface area contributed by atoms with Gasteiger partial charge in [0.15, 0.2) is 0 Å². The summed E-state index contributed by atoms with van der Waals surface area (Å²) in [6.45, 7) is 3.76. The van der Waals surface area contributed by atoms with Gasteiger partial charge >= 0.3 is 0 Å². The quantitative estimate of drug-likeness (QED) is 0.773. The first-order valence-corrected chi connectivity index (χ1v) is 4.92. The molecule has 76 valence electrons. The van der Waals surface area contributed by atoms with Crippen LogP contribution in [0.25, 0.3) is 0 Å². The van der Waals surface area contributed by atoms with E-state index in [4.69, 9.17) is 5.73 Å². The Kier molecular flexibility index (Phi) is 2.52. The van der Waals surface area contributed by atoms with E-state index in [-0.39, 0.29) is 17.9 Å². The van der Waals surface area contributed by atoms with Gasteiger partial charge in [-0.05, 0) is 13.0 Å². The van der Waals surface area contributed by atoms with Gasteiger partial charge in [-0.25, -0.2) is 4.39 Å². The first kappa shape index (κ1) is 9.62. The number of halogens is 1. The van der Waals surface area contributed by atoms with Crippen LogP contribution in [0.15, 0.2) is 24.3 Å². The molecular formula is C11H15FN2. The summed E-state index contributed by atoms with van der Waals surface area (Å²) in [5, 5.41) is 0. The fraction of sp³-hybridized carbons (Fsp3) is 0.455. The van der Waals surface area contributed by atoms with Gasteiger partial charge in [-0.1, -0.05) is 18.2 Å². The average Bonchev–Trinajstić information content (AvgIpc) is 2.13. The lowest BCUT2D eigenvalue weighted by Gasteiger charge is -2.41. The van der Waals surface area contributed by atoms with Crippen LogP contribution in [0.1, 0.15) is 18.5 Å². The van der Waals surface area contributed by atoms with Crippen LogP contribution in [0.4, 0.5) is 4.39 Å². The van der Waals surface area contributed by atoms with Gasteiger partial charge in [0.25, 0.3) is 0 Å². The predicted octanol–water partition coefficient (Wildman–Crippen LogP) is 1.53. The highest BCUT2D eigenvalue weighted by Crippen LogP contribution is 2.26. The summed E-state index contributed by atoms with van der Waals surface area (Å²) in [5.41, 5.74) is 6.45. The molecule has 1 atom stereocenters. The Hall–Kier alpha value is -0.930. The molecular weight excluding hydrogens is 179 g/mol. The maximum atomic E-state index is 13.4. The van der Waals surface area contributed by atoms with Crippen molar-refractivity contribution in [2.45, 2.75) is 19.0 Å². The minimum Gasteiger partial charge on any atom is -0.325 e. The van der Waals surface area contributed by atoms with E-state index in [1.807, 2.05) is 19.1 Å². The van der Waals surface area contributed by atoms with E-state index < -0.39 is 0 Å². The molecule has 0 bridgehead atoms. The fourth-order valence-electron chi connectivity index (χ4n) is 1.88. The Morgan fingerprint density at radius 3 is 2.64 bits per heavy atom. The van der Waals surface area contributed by atoms with Crippen LogP contribution < -0.4 is 5.73 Å². The molecule has 0 radical (unpaired) electrons. The Morgan fingerprint density at radius 1 is 1.43 bits per heavy atom. The molecule has 0 spiro atoms. The second kappa shape index (κ2) is 3.67. The molecule has 2 nitrogen and oxygen atoms in total. The van der Waals surface area contributed by atoms with Gasteiger partial charge in [-0.2, -0.15) is 0 Å². The summed E-state index contributed by atoms with van der Waals surface area (Å²) in [5.74, 6) is -0.125. The van der Waals surface area contributed by atoms with Crippen molar-refractivity contribution in [2.24, 2.45) is 5.73 Å². The van der Waals surface area contributed by atoms with Crippen LogP contribution in [0.5, 0.6) is 0 Å². The van der Waals surface area contributed by atoms with Crippen LogP contribution in [-0.4, -0.2) is 24.0 Å². The SMILES string of the molecule is CC(c1ccccc1F)N1CC(N)C1. The normalized spacial score (nSPS) is 20.5. The van der Waals surface area contributed by atoms with Crippen LogP contribution in [0, 0.1) is 5.82 Å². The minimum absolute atomic E-state index is 0.125. The number of rotatable bonds is 2. The molecule has 1 fully saturated rings. The maximum absolute atomic E-state index is 13.4. The minimum atomic E-state index is -0.125. The first-order chi connectivity index (χ1) is 6.68. The number of nitrogens with zero attached hydrogens (tertiary/aromatic N) is 1. The van der Waals surface area contributed by atoms with Crippen LogP contribution >= 0.6 is 0 Å². The molecule has 2 N–H and O–H groups in total. The molecule has 0 amide bonds. The van der Waals surface area contributed by atoms with Crippen molar-refractivity contribution in [3.63, 3.8) is 0 Å². The highest BCUT2D eigenvalue weighted by molar-refractivity contribution is 5.21. The van der Waals surface area contributed by atoms with E-state index in [9.17, 15) is 4.39 Å². The zero-order chi connectivity index (χ0) is 10.1. The first-order valence-electron chi connectivity index (χ1n) is 4.92. The summed E-state index contributed by atoms with van der Waals surface area (Å²) < 4.78 is 13.4. The molecule has 1 unspecified atom stereocenters. The number of benzene rings is 1. The molecule has 2 rings (SSSR count). The Labute approximate surface area is 83.5 Å². The lowest BCUT2D eigenvalue weighted by atomic mass is 10.0.